The number of aliphatic imine (C=N–C) groups is 1. The molecule has 1 N–H and O–H groups in total. The molecule has 1 heterocycles. The smallest absolute Gasteiger partial charge is 0.269 e. The van der Waals surface area contributed by atoms with Gasteiger partial charge in [0.1, 0.15) is 0 Å². The first-order valence-electron chi connectivity index (χ1n) is 4.25. The quantitative estimate of drug-likeness (QED) is 0.572. The van der Waals surface area contributed by atoms with E-state index in [0.29, 0.717) is 5.56 Å². The number of nitrogens with one attached hydrogen (secondary N) is 1. The lowest BCUT2D eigenvalue weighted by Crippen LogP contribution is -2.19. The molecule has 1 unspecified atom stereocenters. The van der Waals surface area contributed by atoms with Gasteiger partial charge in [0, 0.05) is 12.1 Å². The Bertz CT molecular complexity index is 438. The van der Waals surface area contributed by atoms with Gasteiger partial charge in [-0.15, -0.1) is 0 Å². The van der Waals surface area contributed by atoms with Crippen molar-refractivity contribution in [3.63, 3.8) is 0 Å². The van der Waals surface area contributed by atoms with E-state index >= 15 is 0 Å². The topological polar surface area (TPSA) is 84.6 Å². The van der Waals surface area contributed by atoms with E-state index in [1.807, 2.05) is 0 Å². The van der Waals surface area contributed by atoms with Gasteiger partial charge in [0.15, 0.2) is 6.04 Å². The number of rotatable bonds is 2. The Balaban J connectivity index is 2.27. The van der Waals surface area contributed by atoms with E-state index in [4.69, 9.17) is 0 Å². The van der Waals surface area contributed by atoms with Crippen LogP contribution < -0.4 is 5.32 Å². The maximum atomic E-state index is 11.2. The largest absolute Gasteiger partial charge is 0.315 e. The maximum Gasteiger partial charge on any atom is 0.269 e. The number of benzene rings is 1. The first kappa shape index (κ1) is 9.32. The highest BCUT2D eigenvalue weighted by Gasteiger charge is 2.22. The van der Waals surface area contributed by atoms with Crippen molar-refractivity contribution in [1.29, 1.82) is 0 Å². The van der Waals surface area contributed by atoms with Crippen molar-refractivity contribution in [2.45, 2.75) is 6.04 Å². The molecule has 1 aliphatic heterocycles. The Hall–Kier alpha value is -2.24. The number of hydrogen-bond donors (Lipinski definition) is 1. The zero-order valence-electron chi connectivity index (χ0n) is 7.58. The number of nitro groups is 1. The molecule has 1 amide bonds. The first-order valence-corrected chi connectivity index (χ1v) is 4.25. The van der Waals surface area contributed by atoms with Crippen LogP contribution in [-0.4, -0.2) is 17.2 Å². The highest BCUT2D eigenvalue weighted by molar-refractivity contribution is 5.97. The van der Waals surface area contributed by atoms with Crippen molar-refractivity contribution in [1.82, 2.24) is 5.32 Å². The monoisotopic (exact) mass is 205 g/mol. The van der Waals surface area contributed by atoms with E-state index in [0.717, 1.165) is 0 Å². The summed E-state index contributed by atoms with van der Waals surface area (Å²) in [7, 11) is 0. The Labute approximate surface area is 84.8 Å². The third-order valence-electron chi connectivity index (χ3n) is 2.10. The molecule has 0 spiro atoms. The van der Waals surface area contributed by atoms with E-state index in [2.05, 4.69) is 10.3 Å². The van der Waals surface area contributed by atoms with E-state index in [9.17, 15) is 14.9 Å². The van der Waals surface area contributed by atoms with Crippen LogP contribution in [0.4, 0.5) is 5.69 Å². The second-order valence-electron chi connectivity index (χ2n) is 3.04. The minimum Gasteiger partial charge on any atom is -0.315 e. The zero-order chi connectivity index (χ0) is 10.8. The van der Waals surface area contributed by atoms with Gasteiger partial charge in [-0.05, 0) is 17.7 Å². The molecule has 0 radical (unpaired) electrons. The standard InChI is InChI=1S/C9H7N3O3/c13-9-8(10-5-11-9)6-1-3-7(4-2-6)12(14)15/h1-5,8H,(H,10,11,13). The van der Waals surface area contributed by atoms with E-state index in [1.54, 1.807) is 0 Å². The van der Waals surface area contributed by atoms with E-state index < -0.39 is 11.0 Å². The van der Waals surface area contributed by atoms with Gasteiger partial charge in [-0.1, -0.05) is 0 Å². The molecule has 2 rings (SSSR count). The van der Waals surface area contributed by atoms with Crippen LogP contribution in [0.3, 0.4) is 0 Å². The number of amides is 1. The molecule has 1 atom stereocenters. The molecule has 0 bridgehead atoms. The van der Waals surface area contributed by atoms with Crippen molar-refractivity contribution < 1.29 is 9.72 Å². The zero-order valence-corrected chi connectivity index (χ0v) is 7.58. The molecule has 1 aromatic rings. The van der Waals surface area contributed by atoms with Crippen molar-refractivity contribution >= 4 is 17.9 Å². The van der Waals surface area contributed by atoms with Crippen molar-refractivity contribution in [3.05, 3.63) is 39.9 Å². The molecule has 6 heteroatoms. The van der Waals surface area contributed by atoms with Crippen LogP contribution in [0.5, 0.6) is 0 Å². The average molecular weight is 205 g/mol. The summed E-state index contributed by atoms with van der Waals surface area (Å²) in [5.41, 5.74) is 0.646. The number of carbonyl (C=O) groups excluding carboxylic acids is 1. The third-order valence-corrected chi connectivity index (χ3v) is 2.10. The molecule has 1 aromatic carbocycles. The fraction of sp³-hybridized carbons (Fsp3) is 0.111. The number of nitro benzene ring substituents is 1. The van der Waals surface area contributed by atoms with Crippen LogP contribution in [-0.2, 0) is 4.79 Å². The third kappa shape index (κ3) is 1.69. The van der Waals surface area contributed by atoms with Gasteiger partial charge in [0.05, 0.1) is 11.3 Å². The minimum absolute atomic E-state index is 0.00105. The summed E-state index contributed by atoms with van der Waals surface area (Å²) in [5.74, 6) is -0.219. The second kappa shape index (κ2) is 3.49. The fourth-order valence-electron chi connectivity index (χ4n) is 1.34. The summed E-state index contributed by atoms with van der Waals surface area (Å²) in [5, 5.41) is 12.8. The SMILES string of the molecule is O=C1NC=NC1c1ccc([N+](=O)[O-])cc1. The lowest BCUT2D eigenvalue weighted by molar-refractivity contribution is -0.384. The lowest BCUT2D eigenvalue weighted by Gasteiger charge is -2.03. The molecule has 1 aliphatic rings. The van der Waals surface area contributed by atoms with Crippen molar-refractivity contribution in [3.8, 4) is 0 Å². The molecule has 76 valence electrons. The molecule has 0 fully saturated rings. The maximum absolute atomic E-state index is 11.2. The van der Waals surface area contributed by atoms with Crippen LogP contribution in [0.2, 0.25) is 0 Å². The van der Waals surface area contributed by atoms with E-state index in [1.165, 1.54) is 30.6 Å². The Kier molecular flexibility index (Phi) is 2.17. The molecule has 6 nitrogen and oxygen atoms in total. The Morgan fingerprint density at radius 2 is 2.00 bits per heavy atom. The molecule has 0 aliphatic carbocycles. The number of non-ortho nitro benzene ring substituents is 1. The van der Waals surface area contributed by atoms with Gasteiger partial charge >= 0.3 is 0 Å². The molecular formula is C9H7N3O3. The average Bonchev–Trinajstić information content (AvgIpc) is 2.65. The number of hydrogen-bond acceptors (Lipinski definition) is 4. The summed E-state index contributed by atoms with van der Waals surface area (Å²) >= 11 is 0. The highest BCUT2D eigenvalue weighted by Crippen LogP contribution is 2.22. The first-order chi connectivity index (χ1) is 7.18. The van der Waals surface area contributed by atoms with Crippen molar-refractivity contribution in [2.24, 2.45) is 4.99 Å². The Morgan fingerprint density at radius 1 is 1.33 bits per heavy atom. The fourth-order valence-corrected chi connectivity index (χ4v) is 1.34. The van der Waals surface area contributed by atoms with Crippen LogP contribution in [0.15, 0.2) is 29.3 Å². The van der Waals surface area contributed by atoms with Crippen LogP contribution >= 0.6 is 0 Å². The molecule has 0 aromatic heterocycles. The van der Waals surface area contributed by atoms with Crippen LogP contribution in [0.1, 0.15) is 11.6 Å². The number of carbonyl (C=O) groups is 1. The highest BCUT2D eigenvalue weighted by atomic mass is 16.6. The van der Waals surface area contributed by atoms with Gasteiger partial charge in [-0.2, -0.15) is 0 Å². The van der Waals surface area contributed by atoms with Gasteiger partial charge in [0.2, 0.25) is 0 Å². The van der Waals surface area contributed by atoms with Crippen molar-refractivity contribution in [2.75, 3.05) is 0 Å². The van der Waals surface area contributed by atoms with Crippen LogP contribution in [0.25, 0.3) is 0 Å². The Morgan fingerprint density at radius 3 is 2.47 bits per heavy atom. The van der Waals surface area contributed by atoms with Gasteiger partial charge in [-0.25, -0.2) is 0 Å². The summed E-state index contributed by atoms with van der Waals surface area (Å²) in [6, 6.07) is 5.20. The molecule has 0 saturated carbocycles. The summed E-state index contributed by atoms with van der Waals surface area (Å²) in [4.78, 5) is 25.0. The summed E-state index contributed by atoms with van der Waals surface area (Å²) in [6.45, 7) is 0. The lowest BCUT2D eigenvalue weighted by atomic mass is 10.1. The molecular weight excluding hydrogens is 198 g/mol. The minimum atomic E-state index is -0.578. The van der Waals surface area contributed by atoms with E-state index in [-0.39, 0.29) is 11.6 Å². The van der Waals surface area contributed by atoms with Gasteiger partial charge in [0.25, 0.3) is 11.6 Å². The normalized spacial score (nSPS) is 18.9. The molecule has 0 saturated heterocycles. The summed E-state index contributed by atoms with van der Waals surface area (Å²) < 4.78 is 0. The predicted octanol–water partition coefficient (Wildman–Crippen LogP) is 0.794. The second-order valence-corrected chi connectivity index (χ2v) is 3.04. The van der Waals surface area contributed by atoms with Gasteiger partial charge in [-0.3, -0.25) is 19.9 Å². The molecule has 15 heavy (non-hydrogen) atoms. The number of nitrogens with zero attached hydrogens (tertiary/aromatic N) is 2. The van der Waals surface area contributed by atoms with Gasteiger partial charge < -0.3 is 5.32 Å². The summed E-state index contributed by atoms with van der Waals surface area (Å²) in [6.07, 6.45) is 1.33. The van der Waals surface area contributed by atoms with Crippen LogP contribution in [0, 0.1) is 10.1 Å². The predicted molar refractivity (Wildman–Crippen MR) is 52.5 cm³/mol.